The molecule has 5 nitrogen and oxygen atoms in total. The number of aryl methyl sites for hydroxylation is 1. The second kappa shape index (κ2) is 15.8. The van der Waals surface area contributed by atoms with E-state index in [1.54, 1.807) is 0 Å². The molecule has 0 radical (unpaired) electrons. The van der Waals surface area contributed by atoms with Gasteiger partial charge in [-0.05, 0) is 85.2 Å². The SMILES string of the molecule is CC1=C[C@H](C)C[C@H](C)C1c1c(C)nn(-c2[c-]c(Oc3[c-]c4c(cc3)c3ccccc3n4-c3cc(CC(C)C)ccn3)cc(C(C)C)c2)c1-c1ccccc1.[Pt+2]. The Labute approximate surface area is 340 Å². The molecule has 3 heterocycles. The molecule has 0 fully saturated rings. The summed E-state index contributed by atoms with van der Waals surface area (Å²) in [6, 6.07) is 39.3. The molecule has 6 heteroatoms. The summed E-state index contributed by atoms with van der Waals surface area (Å²) in [5, 5.41) is 7.56. The Hall–Kier alpha value is -4.73. The van der Waals surface area contributed by atoms with Crippen LogP contribution in [0.15, 0.2) is 109 Å². The van der Waals surface area contributed by atoms with Gasteiger partial charge in [-0.2, -0.15) is 11.2 Å². The molecule has 55 heavy (non-hydrogen) atoms. The number of rotatable bonds is 9. The molecule has 3 aromatic heterocycles. The van der Waals surface area contributed by atoms with E-state index in [-0.39, 0.29) is 27.0 Å². The monoisotopic (exact) mass is 905 g/mol. The molecule has 282 valence electrons. The number of aromatic nitrogens is 4. The van der Waals surface area contributed by atoms with Crippen molar-refractivity contribution in [2.45, 2.75) is 80.1 Å². The molecule has 1 aliphatic carbocycles. The second-order valence-corrected chi connectivity index (χ2v) is 16.2. The van der Waals surface area contributed by atoms with Crippen molar-refractivity contribution >= 4 is 21.8 Å². The average molecular weight is 906 g/mol. The van der Waals surface area contributed by atoms with Crippen molar-refractivity contribution < 1.29 is 25.8 Å². The molecule has 0 bridgehead atoms. The average Bonchev–Trinajstić information content (AvgIpc) is 3.65. The maximum Gasteiger partial charge on any atom is 2.00 e. The van der Waals surface area contributed by atoms with Crippen LogP contribution in [0.4, 0.5) is 0 Å². The normalized spacial score (nSPS) is 17.2. The molecular formula is C49H50N4OPt. The summed E-state index contributed by atoms with van der Waals surface area (Å²) in [4.78, 5) is 4.85. The number of ether oxygens (including phenoxy) is 1. The van der Waals surface area contributed by atoms with Crippen molar-refractivity contribution in [3.05, 3.63) is 143 Å². The van der Waals surface area contributed by atoms with E-state index in [1.807, 2.05) is 12.3 Å². The van der Waals surface area contributed by atoms with Gasteiger partial charge in [-0.15, -0.1) is 41.3 Å². The molecule has 4 aromatic carbocycles. The van der Waals surface area contributed by atoms with E-state index in [0.717, 1.165) is 68.7 Å². The first-order valence-corrected chi connectivity index (χ1v) is 19.5. The van der Waals surface area contributed by atoms with Gasteiger partial charge in [0.15, 0.2) is 0 Å². The van der Waals surface area contributed by atoms with Crippen LogP contribution in [0.5, 0.6) is 11.5 Å². The predicted molar refractivity (Wildman–Crippen MR) is 222 cm³/mol. The fourth-order valence-electron chi connectivity index (χ4n) is 8.79. The summed E-state index contributed by atoms with van der Waals surface area (Å²) < 4.78 is 11.1. The van der Waals surface area contributed by atoms with Gasteiger partial charge in [0, 0.05) is 40.3 Å². The van der Waals surface area contributed by atoms with E-state index >= 15 is 0 Å². The summed E-state index contributed by atoms with van der Waals surface area (Å²) in [7, 11) is 0. The third kappa shape index (κ3) is 7.49. The van der Waals surface area contributed by atoms with Crippen molar-refractivity contribution in [1.82, 2.24) is 19.3 Å². The van der Waals surface area contributed by atoms with Crippen molar-refractivity contribution in [3.8, 4) is 34.3 Å². The van der Waals surface area contributed by atoms with Crippen molar-refractivity contribution in [2.24, 2.45) is 17.8 Å². The maximum absolute atomic E-state index is 6.75. The number of allylic oxidation sites excluding steroid dienone is 2. The van der Waals surface area contributed by atoms with Gasteiger partial charge in [0.2, 0.25) is 0 Å². The van der Waals surface area contributed by atoms with Crippen LogP contribution in [-0.2, 0) is 27.5 Å². The number of pyridine rings is 1. The van der Waals surface area contributed by atoms with Crippen LogP contribution in [0.2, 0.25) is 0 Å². The van der Waals surface area contributed by atoms with E-state index in [0.29, 0.717) is 35.2 Å². The zero-order valence-corrected chi connectivity index (χ0v) is 35.4. The van der Waals surface area contributed by atoms with Gasteiger partial charge < -0.3 is 9.30 Å². The zero-order valence-electron chi connectivity index (χ0n) is 33.1. The smallest absolute Gasteiger partial charge is 0.509 e. The van der Waals surface area contributed by atoms with E-state index in [9.17, 15) is 0 Å². The summed E-state index contributed by atoms with van der Waals surface area (Å²) in [5.41, 5.74) is 11.4. The van der Waals surface area contributed by atoms with Crippen LogP contribution >= 0.6 is 0 Å². The van der Waals surface area contributed by atoms with Crippen LogP contribution in [0.1, 0.15) is 89.1 Å². The standard InChI is InChI=1S/C49H50N4O.Pt/c1-30(2)22-36-20-21-50-46(25-36)52-44-17-13-12-16-42(44)43-19-18-40(29-45(43)52)54-41-27-38(31(3)4)26-39(28-41)53-49(37-14-10-9-11-15-37)48(35(8)51-53)47-33(6)23-32(5)24-34(47)7;/h9-21,23,25-27,30-32,34,47H,22,24H2,1-8H3;/q-2;+2/t32-,34-,47?;/m0./s1. The molecule has 3 atom stereocenters. The number of fused-ring (bicyclic) bond motifs is 3. The largest absolute Gasteiger partial charge is 2.00 e. The molecule has 0 amide bonds. The zero-order chi connectivity index (χ0) is 37.7. The van der Waals surface area contributed by atoms with Crippen molar-refractivity contribution in [1.29, 1.82) is 0 Å². The first kappa shape index (κ1) is 38.5. The summed E-state index contributed by atoms with van der Waals surface area (Å²) in [6.07, 6.45) is 6.53. The predicted octanol–water partition coefficient (Wildman–Crippen LogP) is 12.8. The summed E-state index contributed by atoms with van der Waals surface area (Å²) in [6.45, 7) is 18.1. The molecule has 8 rings (SSSR count). The Bertz CT molecular complexity index is 2510. The summed E-state index contributed by atoms with van der Waals surface area (Å²) in [5.74, 6) is 4.33. The van der Waals surface area contributed by atoms with Gasteiger partial charge in [0.05, 0.1) is 11.4 Å². The fraction of sp³-hybridized carbons (Fsp3) is 0.306. The third-order valence-electron chi connectivity index (χ3n) is 11.0. The van der Waals surface area contributed by atoms with Crippen LogP contribution in [0.25, 0.3) is 44.6 Å². The Balaban J connectivity index is 0.00000465. The molecule has 0 saturated carbocycles. The van der Waals surface area contributed by atoms with Crippen LogP contribution in [0, 0.1) is 36.8 Å². The van der Waals surface area contributed by atoms with Gasteiger partial charge in [0.1, 0.15) is 5.82 Å². The Morgan fingerprint density at radius 2 is 1.60 bits per heavy atom. The quantitative estimate of drug-likeness (QED) is 0.107. The number of para-hydroxylation sites is 1. The molecule has 0 spiro atoms. The number of nitrogens with zero attached hydrogens (tertiary/aromatic N) is 4. The fourth-order valence-corrected chi connectivity index (χ4v) is 8.79. The molecular weight excluding hydrogens is 856 g/mol. The first-order valence-electron chi connectivity index (χ1n) is 19.5. The van der Waals surface area contributed by atoms with E-state index < -0.39 is 0 Å². The maximum atomic E-state index is 6.75. The minimum absolute atomic E-state index is 0. The molecule has 1 aliphatic rings. The molecule has 0 saturated heterocycles. The number of hydrogen-bond acceptors (Lipinski definition) is 3. The molecule has 0 aliphatic heterocycles. The molecule has 1 unspecified atom stereocenters. The minimum Gasteiger partial charge on any atom is -0.509 e. The van der Waals surface area contributed by atoms with Gasteiger partial charge >= 0.3 is 21.1 Å². The first-order chi connectivity index (χ1) is 26.0. The van der Waals surface area contributed by atoms with Crippen LogP contribution in [0.3, 0.4) is 0 Å². The van der Waals surface area contributed by atoms with Gasteiger partial charge in [0.25, 0.3) is 0 Å². The number of benzene rings is 4. The Morgan fingerprint density at radius 3 is 2.35 bits per heavy atom. The molecule has 0 N–H and O–H groups in total. The van der Waals surface area contributed by atoms with Crippen molar-refractivity contribution in [3.63, 3.8) is 0 Å². The van der Waals surface area contributed by atoms with Crippen molar-refractivity contribution in [2.75, 3.05) is 0 Å². The Morgan fingerprint density at radius 1 is 0.836 bits per heavy atom. The minimum atomic E-state index is 0. The van der Waals surface area contributed by atoms with Crippen LogP contribution in [-0.4, -0.2) is 19.3 Å². The van der Waals surface area contributed by atoms with E-state index in [4.69, 9.17) is 14.8 Å². The summed E-state index contributed by atoms with van der Waals surface area (Å²) >= 11 is 0. The number of hydrogen-bond donors (Lipinski definition) is 0. The topological polar surface area (TPSA) is 44.9 Å². The Kier molecular flexibility index (Phi) is 11.1. The van der Waals surface area contributed by atoms with Gasteiger partial charge in [-0.3, -0.25) is 4.68 Å². The second-order valence-electron chi connectivity index (χ2n) is 16.2. The molecule has 7 aromatic rings. The van der Waals surface area contributed by atoms with Gasteiger partial charge in [-0.25, -0.2) is 4.98 Å². The van der Waals surface area contributed by atoms with Crippen LogP contribution < -0.4 is 4.74 Å². The van der Waals surface area contributed by atoms with E-state index in [1.165, 1.54) is 16.7 Å². The third-order valence-corrected chi connectivity index (χ3v) is 11.0. The van der Waals surface area contributed by atoms with Gasteiger partial charge in [-0.1, -0.05) is 107 Å². The van der Waals surface area contributed by atoms with E-state index in [2.05, 4.69) is 168 Å².